The number of nitriles is 1. The van der Waals surface area contributed by atoms with Crippen LogP contribution >= 0.6 is 0 Å². The number of carbonyl (C=O) groups is 2. The third-order valence-corrected chi connectivity index (χ3v) is 7.99. The summed E-state index contributed by atoms with van der Waals surface area (Å²) < 4.78 is 33.1. The summed E-state index contributed by atoms with van der Waals surface area (Å²) in [5.41, 5.74) is 8.63. The third-order valence-electron chi connectivity index (χ3n) is 5.81. The van der Waals surface area contributed by atoms with Crippen LogP contribution < -0.4 is 5.73 Å². The van der Waals surface area contributed by atoms with Crippen LogP contribution in [0.1, 0.15) is 42.0 Å². The summed E-state index contributed by atoms with van der Waals surface area (Å²) in [4.78, 5) is 24.6. The van der Waals surface area contributed by atoms with Crippen molar-refractivity contribution in [3.05, 3.63) is 39.6 Å². The summed E-state index contributed by atoms with van der Waals surface area (Å²) in [5.74, 6) is -1.73. The second-order valence-corrected chi connectivity index (χ2v) is 9.84. The number of rotatable bonds is 6. The smallest absolute Gasteiger partial charge is 0.309 e. The lowest BCUT2D eigenvalue weighted by molar-refractivity contribution is -0.152. The molecule has 8 nitrogen and oxygen atoms in total. The number of aryl methyl sites for hydroxylation is 2. The van der Waals surface area contributed by atoms with Crippen LogP contribution in [0.5, 0.6) is 0 Å². The molecule has 0 radical (unpaired) electrons. The molecule has 1 heterocycles. The molecule has 0 atom stereocenters. The molecule has 1 aromatic carbocycles. The van der Waals surface area contributed by atoms with Gasteiger partial charge in [0.2, 0.25) is 15.8 Å². The highest BCUT2D eigenvalue weighted by atomic mass is 32.2. The molecular weight excluding hydrogens is 418 g/mol. The lowest BCUT2D eigenvalue weighted by atomic mass is 9.98. The molecule has 1 aliphatic rings. The molecule has 0 aromatic heterocycles. The number of hydrogen-bond donors (Lipinski definition) is 1. The van der Waals surface area contributed by atoms with Gasteiger partial charge in [-0.05, 0) is 69.7 Å². The average molecular weight is 448 g/mol. The van der Waals surface area contributed by atoms with Crippen LogP contribution in [-0.2, 0) is 24.3 Å². The van der Waals surface area contributed by atoms with Crippen LogP contribution in [0.2, 0.25) is 0 Å². The quantitative estimate of drug-likeness (QED) is 0.402. The Hall–Kier alpha value is -2.70. The molecule has 0 unspecified atom stereocenters. The Morgan fingerprint density at radius 1 is 1.16 bits per heavy atom. The molecule has 168 valence electrons. The minimum Gasteiger partial charge on any atom is -0.457 e. The minimum absolute atomic E-state index is 0.0686. The predicted octanol–water partition coefficient (Wildman–Crippen LogP) is 2.19. The Morgan fingerprint density at radius 3 is 2.13 bits per heavy atom. The lowest BCUT2D eigenvalue weighted by Gasteiger charge is -2.31. The number of carbonyl (C=O) groups excluding carboxylic acids is 2. The van der Waals surface area contributed by atoms with Gasteiger partial charge in [0.05, 0.1) is 10.8 Å². The minimum atomic E-state index is -3.70. The normalized spacial score (nSPS) is 16.4. The standard InChI is InChI=1S/C22H29N3O5S/c1-13-10-14(2)16(4)21(15(13)3)31(28,29)25-8-6-18(7-9-25)22(27)30-12-20(26)19(11-23)17(5)24/h10,18H,6-9,12,24H2,1-5H3/b19-17+. The van der Waals surface area contributed by atoms with Gasteiger partial charge in [-0.2, -0.15) is 9.57 Å². The van der Waals surface area contributed by atoms with E-state index in [1.54, 1.807) is 6.07 Å². The first-order chi connectivity index (χ1) is 14.4. The summed E-state index contributed by atoms with van der Waals surface area (Å²) in [6.07, 6.45) is 0.595. The SMILES string of the molecule is C/C(N)=C(/C#N)C(=O)COC(=O)C1CCN(S(=O)(=O)c2c(C)c(C)cc(C)c2C)CC1. The molecule has 1 saturated heterocycles. The molecule has 2 rings (SSSR count). The zero-order valence-electron chi connectivity index (χ0n) is 18.6. The number of sulfonamides is 1. The maximum Gasteiger partial charge on any atom is 0.309 e. The number of piperidine rings is 1. The van der Waals surface area contributed by atoms with E-state index in [1.165, 1.54) is 11.2 Å². The first-order valence-electron chi connectivity index (χ1n) is 10.1. The van der Waals surface area contributed by atoms with Gasteiger partial charge >= 0.3 is 5.97 Å². The number of ketones is 1. The highest BCUT2D eigenvalue weighted by molar-refractivity contribution is 7.89. The van der Waals surface area contributed by atoms with Crippen LogP contribution in [-0.4, -0.2) is 44.2 Å². The number of ether oxygens (including phenoxy) is 1. The summed E-state index contributed by atoms with van der Waals surface area (Å²) in [7, 11) is -3.70. The average Bonchev–Trinajstić information content (AvgIpc) is 2.71. The van der Waals surface area contributed by atoms with Crippen molar-refractivity contribution >= 4 is 21.8 Å². The Morgan fingerprint density at radius 2 is 1.68 bits per heavy atom. The van der Waals surface area contributed by atoms with E-state index in [4.69, 9.17) is 15.7 Å². The molecule has 0 bridgehead atoms. The third kappa shape index (κ3) is 5.14. The van der Waals surface area contributed by atoms with Crippen molar-refractivity contribution in [2.24, 2.45) is 11.7 Å². The molecule has 9 heteroatoms. The summed E-state index contributed by atoms with van der Waals surface area (Å²) in [6.45, 7) is 8.64. The van der Waals surface area contributed by atoms with Crippen LogP contribution in [0.3, 0.4) is 0 Å². The van der Waals surface area contributed by atoms with Gasteiger partial charge in [-0.3, -0.25) is 9.59 Å². The van der Waals surface area contributed by atoms with Crippen LogP contribution in [0.25, 0.3) is 0 Å². The highest BCUT2D eigenvalue weighted by Gasteiger charge is 2.35. The Balaban J connectivity index is 2.06. The van der Waals surface area contributed by atoms with E-state index in [9.17, 15) is 18.0 Å². The second kappa shape index (κ2) is 9.62. The van der Waals surface area contributed by atoms with E-state index < -0.39 is 34.3 Å². The van der Waals surface area contributed by atoms with Gasteiger partial charge in [0, 0.05) is 18.8 Å². The molecule has 1 fully saturated rings. The van der Waals surface area contributed by atoms with Crippen molar-refractivity contribution in [3.63, 3.8) is 0 Å². The monoisotopic (exact) mass is 447 g/mol. The zero-order chi connectivity index (χ0) is 23.5. The molecule has 1 aliphatic heterocycles. The molecule has 1 aromatic rings. The van der Waals surface area contributed by atoms with Gasteiger partial charge < -0.3 is 10.5 Å². The lowest BCUT2D eigenvalue weighted by Crippen LogP contribution is -2.41. The largest absolute Gasteiger partial charge is 0.457 e. The van der Waals surface area contributed by atoms with Gasteiger partial charge in [0.15, 0.2) is 6.61 Å². The topological polar surface area (TPSA) is 131 Å². The fourth-order valence-electron chi connectivity index (χ4n) is 3.73. The highest BCUT2D eigenvalue weighted by Crippen LogP contribution is 2.31. The van der Waals surface area contributed by atoms with Gasteiger partial charge in [0.1, 0.15) is 11.6 Å². The van der Waals surface area contributed by atoms with Crippen LogP contribution in [0.4, 0.5) is 0 Å². The maximum absolute atomic E-state index is 13.3. The Labute approximate surface area is 183 Å². The van der Waals surface area contributed by atoms with Crippen LogP contribution in [0.15, 0.2) is 22.2 Å². The van der Waals surface area contributed by atoms with Crippen LogP contribution in [0, 0.1) is 44.9 Å². The molecule has 0 aliphatic carbocycles. The van der Waals surface area contributed by atoms with Gasteiger partial charge in [0.25, 0.3) is 0 Å². The number of nitrogens with zero attached hydrogens (tertiary/aromatic N) is 2. The maximum atomic E-state index is 13.3. The van der Waals surface area contributed by atoms with E-state index in [0.717, 1.165) is 22.3 Å². The summed E-state index contributed by atoms with van der Waals surface area (Å²) in [5, 5.41) is 8.94. The van der Waals surface area contributed by atoms with Gasteiger partial charge in [-0.1, -0.05) is 6.07 Å². The first-order valence-corrected chi connectivity index (χ1v) is 11.5. The van der Waals surface area contributed by atoms with E-state index in [-0.39, 0.29) is 24.4 Å². The van der Waals surface area contributed by atoms with E-state index in [2.05, 4.69) is 0 Å². The van der Waals surface area contributed by atoms with Crippen molar-refractivity contribution in [2.75, 3.05) is 19.7 Å². The van der Waals surface area contributed by atoms with E-state index in [0.29, 0.717) is 17.7 Å². The molecular formula is C22H29N3O5S. The predicted molar refractivity (Wildman–Crippen MR) is 115 cm³/mol. The van der Waals surface area contributed by atoms with Crippen molar-refractivity contribution in [3.8, 4) is 6.07 Å². The summed E-state index contributed by atoms with van der Waals surface area (Å²) in [6, 6.07) is 3.68. The second-order valence-electron chi connectivity index (χ2n) is 7.97. The van der Waals surface area contributed by atoms with E-state index >= 15 is 0 Å². The Bertz CT molecular complexity index is 1050. The Kier molecular flexibility index (Phi) is 7.63. The number of benzene rings is 1. The fraction of sp³-hybridized carbons (Fsp3) is 0.500. The van der Waals surface area contributed by atoms with E-state index in [1.807, 2.05) is 33.8 Å². The molecule has 31 heavy (non-hydrogen) atoms. The number of hydrogen-bond acceptors (Lipinski definition) is 7. The number of allylic oxidation sites excluding steroid dienone is 1. The fourth-order valence-corrected chi connectivity index (χ4v) is 5.77. The molecule has 2 N–H and O–H groups in total. The van der Waals surface area contributed by atoms with Crippen molar-refractivity contribution in [1.29, 1.82) is 5.26 Å². The molecule has 0 saturated carbocycles. The molecule has 0 amide bonds. The number of esters is 1. The van der Waals surface area contributed by atoms with Gasteiger partial charge in [-0.15, -0.1) is 0 Å². The summed E-state index contributed by atoms with van der Waals surface area (Å²) >= 11 is 0. The van der Waals surface area contributed by atoms with Crippen molar-refractivity contribution in [2.45, 2.75) is 52.4 Å². The number of nitrogens with two attached hydrogens (primary N) is 1. The number of Topliss-reactive ketones (excluding diaryl/α,β-unsaturated/α-hetero) is 1. The van der Waals surface area contributed by atoms with Crippen molar-refractivity contribution in [1.82, 2.24) is 4.31 Å². The van der Waals surface area contributed by atoms with Crippen molar-refractivity contribution < 1.29 is 22.7 Å². The first kappa shape index (κ1) is 24.6. The zero-order valence-corrected chi connectivity index (χ0v) is 19.4. The molecule has 0 spiro atoms. The van der Waals surface area contributed by atoms with Gasteiger partial charge in [-0.25, -0.2) is 8.42 Å².